The third-order valence-electron chi connectivity index (χ3n) is 4.32. The number of hydrazine groups is 1. The Balaban J connectivity index is 2.00. The number of aldehydes is 1. The van der Waals surface area contributed by atoms with Gasteiger partial charge in [-0.3, -0.25) is 0 Å². The molecule has 2 rings (SSSR count). The molecule has 0 bridgehead atoms. The molecule has 0 unspecified atom stereocenters. The van der Waals surface area contributed by atoms with Crippen molar-refractivity contribution in [2.75, 3.05) is 0 Å². The maximum atomic E-state index is 11.2. The number of benzene rings is 1. The summed E-state index contributed by atoms with van der Waals surface area (Å²) >= 11 is 0. The van der Waals surface area contributed by atoms with E-state index in [4.69, 9.17) is 0 Å². The van der Waals surface area contributed by atoms with Crippen molar-refractivity contribution < 1.29 is 4.79 Å². The van der Waals surface area contributed by atoms with Gasteiger partial charge in [0.25, 0.3) is 0 Å². The van der Waals surface area contributed by atoms with E-state index in [1.165, 1.54) is 43.2 Å². The zero-order valence-electron chi connectivity index (χ0n) is 12.6. The summed E-state index contributed by atoms with van der Waals surface area (Å²) < 4.78 is 0. The molecule has 1 aliphatic rings. The normalized spacial score (nSPS) is 18.1. The molecule has 1 saturated carbocycles. The van der Waals surface area contributed by atoms with Crippen LogP contribution in [0.5, 0.6) is 0 Å². The van der Waals surface area contributed by atoms with E-state index in [2.05, 4.69) is 41.6 Å². The highest BCUT2D eigenvalue weighted by Crippen LogP contribution is 2.23. The number of carbonyl (C=O) groups excluding carboxylic acids is 1. The fraction of sp³-hybridized carbons (Fsp3) is 0.588. The molecule has 0 radical (unpaired) electrons. The van der Waals surface area contributed by atoms with Gasteiger partial charge in [-0.2, -0.15) is 0 Å². The van der Waals surface area contributed by atoms with Gasteiger partial charge in [0, 0.05) is 12.6 Å². The van der Waals surface area contributed by atoms with E-state index < -0.39 is 0 Å². The lowest BCUT2D eigenvalue weighted by molar-refractivity contribution is -0.114. The summed E-state index contributed by atoms with van der Waals surface area (Å²) in [5.41, 5.74) is 6.09. The maximum Gasteiger partial charge on any atom is 0.138 e. The van der Waals surface area contributed by atoms with Crippen LogP contribution >= 0.6 is 0 Å². The third-order valence-corrected chi connectivity index (χ3v) is 4.32. The lowest BCUT2D eigenvalue weighted by atomic mass is 9.94. The van der Waals surface area contributed by atoms with Crippen LogP contribution in [0.1, 0.15) is 50.2 Å². The summed E-state index contributed by atoms with van der Waals surface area (Å²) in [5, 5.41) is 2.18. The Morgan fingerprint density at radius 1 is 1.30 bits per heavy atom. The van der Waals surface area contributed by atoms with Crippen molar-refractivity contribution in [3.63, 3.8) is 0 Å². The topological polar surface area (TPSA) is 32.3 Å². The van der Waals surface area contributed by atoms with Gasteiger partial charge in [-0.25, -0.2) is 10.4 Å². The molecule has 0 aromatic heterocycles. The van der Waals surface area contributed by atoms with Crippen molar-refractivity contribution in [1.82, 2.24) is 10.4 Å². The van der Waals surface area contributed by atoms with Gasteiger partial charge in [0.05, 0.1) is 6.04 Å². The third kappa shape index (κ3) is 3.90. The molecule has 1 aromatic carbocycles. The number of hydrogen-bond acceptors (Lipinski definition) is 3. The van der Waals surface area contributed by atoms with Crippen molar-refractivity contribution in [3.05, 3.63) is 35.4 Å². The van der Waals surface area contributed by atoms with Crippen LogP contribution < -0.4 is 5.43 Å². The Labute approximate surface area is 122 Å². The number of rotatable bonds is 6. The Morgan fingerprint density at radius 3 is 2.65 bits per heavy atom. The lowest BCUT2D eigenvalue weighted by Crippen LogP contribution is -2.51. The molecular weight excluding hydrogens is 248 g/mol. The summed E-state index contributed by atoms with van der Waals surface area (Å²) in [6, 6.07) is 8.83. The lowest BCUT2D eigenvalue weighted by Gasteiger charge is -2.37. The first-order chi connectivity index (χ1) is 9.72. The van der Waals surface area contributed by atoms with Crippen molar-refractivity contribution in [2.24, 2.45) is 0 Å². The van der Waals surface area contributed by atoms with Gasteiger partial charge in [-0.15, -0.1) is 0 Å². The second-order valence-electron chi connectivity index (χ2n) is 5.84. The van der Waals surface area contributed by atoms with E-state index in [9.17, 15) is 4.79 Å². The minimum Gasteiger partial charge on any atom is -0.302 e. The van der Waals surface area contributed by atoms with E-state index in [-0.39, 0.29) is 6.04 Å². The first kappa shape index (κ1) is 15.2. The maximum absolute atomic E-state index is 11.2. The minimum absolute atomic E-state index is 0.0675. The van der Waals surface area contributed by atoms with Gasteiger partial charge < -0.3 is 4.79 Å². The van der Waals surface area contributed by atoms with Crippen molar-refractivity contribution in [3.8, 4) is 0 Å². The highest BCUT2D eigenvalue weighted by Gasteiger charge is 2.24. The Kier molecular flexibility index (Phi) is 5.74. The quantitative estimate of drug-likeness (QED) is 0.638. The van der Waals surface area contributed by atoms with Crippen molar-refractivity contribution >= 4 is 6.29 Å². The second-order valence-corrected chi connectivity index (χ2v) is 5.84. The van der Waals surface area contributed by atoms with E-state index in [0.717, 1.165) is 12.8 Å². The first-order valence-corrected chi connectivity index (χ1v) is 7.74. The van der Waals surface area contributed by atoms with Crippen molar-refractivity contribution in [1.29, 1.82) is 0 Å². The summed E-state index contributed by atoms with van der Waals surface area (Å²) in [6.07, 6.45) is 7.31. The van der Waals surface area contributed by atoms with Gasteiger partial charge in [0.2, 0.25) is 0 Å². The predicted molar refractivity (Wildman–Crippen MR) is 82.3 cm³/mol. The second kappa shape index (κ2) is 7.55. The highest BCUT2D eigenvalue weighted by atomic mass is 16.1. The molecule has 0 heterocycles. The van der Waals surface area contributed by atoms with Crippen LogP contribution in [0.4, 0.5) is 0 Å². The predicted octanol–water partition coefficient (Wildman–Crippen LogP) is 3.22. The van der Waals surface area contributed by atoms with E-state index in [1.54, 1.807) is 0 Å². The summed E-state index contributed by atoms with van der Waals surface area (Å²) in [6.45, 7) is 4.90. The van der Waals surface area contributed by atoms with E-state index >= 15 is 0 Å². The van der Waals surface area contributed by atoms with Crippen LogP contribution in [0.15, 0.2) is 24.3 Å². The molecule has 110 valence electrons. The van der Waals surface area contributed by atoms with Crippen LogP contribution in [-0.4, -0.2) is 23.4 Å². The molecule has 3 heteroatoms. The SMILES string of the molecule is Cc1ccccc1CNN(C1CCCCC1)[C@@H](C)C=O. The largest absolute Gasteiger partial charge is 0.302 e. The fourth-order valence-corrected chi connectivity index (χ4v) is 3.02. The number of aryl methyl sites for hydroxylation is 1. The first-order valence-electron chi connectivity index (χ1n) is 7.74. The van der Waals surface area contributed by atoms with Crippen LogP contribution in [0.2, 0.25) is 0 Å². The van der Waals surface area contributed by atoms with Crippen LogP contribution in [0, 0.1) is 6.92 Å². The molecule has 0 saturated heterocycles. The Hall–Kier alpha value is -1.19. The smallest absolute Gasteiger partial charge is 0.138 e. The van der Waals surface area contributed by atoms with E-state index in [0.29, 0.717) is 6.04 Å². The van der Waals surface area contributed by atoms with Crippen LogP contribution in [0.25, 0.3) is 0 Å². The number of nitrogens with zero attached hydrogens (tertiary/aromatic N) is 1. The molecule has 1 aliphatic carbocycles. The van der Waals surface area contributed by atoms with Gasteiger partial charge in [0.15, 0.2) is 0 Å². The number of hydrogen-bond donors (Lipinski definition) is 1. The van der Waals surface area contributed by atoms with Crippen LogP contribution in [0.3, 0.4) is 0 Å². The zero-order valence-corrected chi connectivity index (χ0v) is 12.6. The molecule has 1 N–H and O–H groups in total. The van der Waals surface area contributed by atoms with Crippen LogP contribution in [-0.2, 0) is 11.3 Å². The average Bonchev–Trinajstić information content (AvgIpc) is 2.50. The monoisotopic (exact) mass is 274 g/mol. The molecule has 1 fully saturated rings. The average molecular weight is 274 g/mol. The van der Waals surface area contributed by atoms with E-state index in [1.807, 2.05) is 6.92 Å². The van der Waals surface area contributed by atoms with Gasteiger partial charge in [0.1, 0.15) is 6.29 Å². The molecule has 0 amide bonds. The molecule has 3 nitrogen and oxygen atoms in total. The Bertz CT molecular complexity index is 427. The standard InChI is InChI=1S/C17H26N2O/c1-14-8-6-7-9-16(14)12-18-19(15(2)13-20)17-10-4-3-5-11-17/h6-9,13,15,17-18H,3-5,10-12H2,1-2H3/t15-/m0/s1. The summed E-state index contributed by atoms with van der Waals surface area (Å²) in [5.74, 6) is 0. The molecule has 20 heavy (non-hydrogen) atoms. The summed E-state index contributed by atoms with van der Waals surface area (Å²) in [4.78, 5) is 11.2. The minimum atomic E-state index is -0.0675. The van der Waals surface area contributed by atoms with Gasteiger partial charge in [-0.1, -0.05) is 43.5 Å². The number of carbonyl (C=O) groups is 1. The molecular formula is C17H26N2O. The molecule has 0 spiro atoms. The van der Waals surface area contributed by atoms with Gasteiger partial charge in [-0.05, 0) is 37.8 Å². The summed E-state index contributed by atoms with van der Waals surface area (Å²) in [7, 11) is 0. The Morgan fingerprint density at radius 2 is 2.00 bits per heavy atom. The van der Waals surface area contributed by atoms with Crippen molar-refractivity contribution in [2.45, 2.75) is 64.6 Å². The molecule has 1 aromatic rings. The molecule has 1 atom stereocenters. The molecule has 0 aliphatic heterocycles. The zero-order chi connectivity index (χ0) is 14.4. The number of nitrogens with one attached hydrogen (secondary N) is 1. The highest BCUT2D eigenvalue weighted by molar-refractivity contribution is 5.56. The van der Waals surface area contributed by atoms with Gasteiger partial charge >= 0.3 is 0 Å². The fourth-order valence-electron chi connectivity index (χ4n) is 3.02.